The summed E-state index contributed by atoms with van der Waals surface area (Å²) in [5.74, 6) is -1.25. The normalized spacial score (nSPS) is 15.1. The number of methoxy groups -OCH3 is 1. The first kappa shape index (κ1) is 12.1. The largest absolute Gasteiger partial charge is 0.372 e. The van der Waals surface area contributed by atoms with Gasteiger partial charge in [-0.1, -0.05) is 0 Å². The molecule has 1 unspecified atom stereocenters. The molecule has 0 fully saturated rings. The molecule has 0 saturated carbocycles. The first-order chi connectivity index (χ1) is 6.94. The zero-order chi connectivity index (χ0) is 11.6. The quantitative estimate of drug-likeness (QED) is 0.838. The minimum absolute atomic E-state index is 0.0143. The Hall–Kier alpha value is -1.00. The van der Waals surface area contributed by atoms with E-state index in [9.17, 15) is 8.78 Å². The lowest BCUT2D eigenvalue weighted by molar-refractivity contribution is 0.00407. The van der Waals surface area contributed by atoms with Gasteiger partial charge in [0.05, 0.1) is 5.56 Å². The summed E-state index contributed by atoms with van der Waals surface area (Å²) in [5, 5.41) is 0. The maximum atomic E-state index is 13.6. The zero-order valence-corrected chi connectivity index (χ0v) is 9.10. The zero-order valence-electron chi connectivity index (χ0n) is 9.10. The molecule has 0 aliphatic rings. The molecule has 0 bridgehead atoms. The fourth-order valence-electron chi connectivity index (χ4n) is 1.49. The van der Waals surface area contributed by atoms with Crippen molar-refractivity contribution in [2.24, 2.45) is 5.73 Å². The Labute approximate surface area is 88.0 Å². The lowest BCUT2D eigenvalue weighted by Gasteiger charge is -2.27. The number of ether oxygens (including phenoxy) is 1. The SMILES string of the molecule is COC(C)(CN)c1c(F)cc(C)cc1F. The molecule has 15 heavy (non-hydrogen) atoms. The van der Waals surface area contributed by atoms with Crippen molar-refractivity contribution in [1.82, 2.24) is 0 Å². The van der Waals surface area contributed by atoms with Crippen molar-refractivity contribution in [2.75, 3.05) is 13.7 Å². The van der Waals surface area contributed by atoms with E-state index in [4.69, 9.17) is 10.5 Å². The van der Waals surface area contributed by atoms with Gasteiger partial charge in [-0.05, 0) is 31.5 Å². The van der Waals surface area contributed by atoms with Crippen LogP contribution in [0.3, 0.4) is 0 Å². The molecule has 2 nitrogen and oxygen atoms in total. The van der Waals surface area contributed by atoms with Crippen LogP contribution in [0.2, 0.25) is 0 Å². The number of benzene rings is 1. The van der Waals surface area contributed by atoms with Crippen molar-refractivity contribution in [2.45, 2.75) is 19.4 Å². The Morgan fingerprint density at radius 3 is 2.13 bits per heavy atom. The highest BCUT2D eigenvalue weighted by Crippen LogP contribution is 2.29. The van der Waals surface area contributed by atoms with Gasteiger partial charge in [-0.15, -0.1) is 0 Å². The molecule has 1 aromatic rings. The number of hydrogen-bond acceptors (Lipinski definition) is 2. The van der Waals surface area contributed by atoms with Gasteiger partial charge in [0.15, 0.2) is 0 Å². The van der Waals surface area contributed by atoms with Crippen LogP contribution in [-0.4, -0.2) is 13.7 Å². The van der Waals surface area contributed by atoms with Crippen molar-refractivity contribution in [3.63, 3.8) is 0 Å². The first-order valence-corrected chi connectivity index (χ1v) is 4.66. The van der Waals surface area contributed by atoms with Crippen LogP contribution in [0.25, 0.3) is 0 Å². The first-order valence-electron chi connectivity index (χ1n) is 4.66. The molecule has 0 aliphatic carbocycles. The average Bonchev–Trinajstić information content (AvgIpc) is 2.15. The highest BCUT2D eigenvalue weighted by atomic mass is 19.1. The number of aryl methyl sites for hydroxylation is 1. The van der Waals surface area contributed by atoms with Crippen LogP contribution in [-0.2, 0) is 10.3 Å². The highest BCUT2D eigenvalue weighted by Gasteiger charge is 2.31. The molecular weight excluding hydrogens is 200 g/mol. The van der Waals surface area contributed by atoms with Crippen molar-refractivity contribution in [1.29, 1.82) is 0 Å². The Bertz CT molecular complexity index is 339. The van der Waals surface area contributed by atoms with E-state index >= 15 is 0 Å². The molecule has 4 heteroatoms. The molecule has 0 spiro atoms. The second-order valence-corrected chi connectivity index (χ2v) is 3.74. The van der Waals surface area contributed by atoms with E-state index in [0.717, 1.165) is 0 Å². The van der Waals surface area contributed by atoms with Crippen LogP contribution in [0, 0.1) is 18.6 Å². The lowest BCUT2D eigenvalue weighted by Crippen LogP contribution is -2.35. The van der Waals surface area contributed by atoms with Crippen LogP contribution in [0.5, 0.6) is 0 Å². The predicted molar refractivity (Wildman–Crippen MR) is 54.5 cm³/mol. The van der Waals surface area contributed by atoms with Gasteiger partial charge in [-0.25, -0.2) is 8.78 Å². The number of hydrogen-bond donors (Lipinski definition) is 1. The fraction of sp³-hybridized carbons (Fsp3) is 0.455. The van der Waals surface area contributed by atoms with Crippen LogP contribution in [0.15, 0.2) is 12.1 Å². The Balaban J connectivity index is 3.36. The molecule has 84 valence electrons. The van der Waals surface area contributed by atoms with Crippen LogP contribution >= 0.6 is 0 Å². The molecule has 0 heterocycles. The van der Waals surface area contributed by atoms with Crippen molar-refractivity contribution in [3.8, 4) is 0 Å². The van der Waals surface area contributed by atoms with Crippen molar-refractivity contribution >= 4 is 0 Å². The van der Waals surface area contributed by atoms with Gasteiger partial charge >= 0.3 is 0 Å². The molecule has 1 rings (SSSR count). The summed E-state index contributed by atoms with van der Waals surface area (Å²) < 4.78 is 32.3. The van der Waals surface area contributed by atoms with Crippen LogP contribution in [0.4, 0.5) is 8.78 Å². The van der Waals surface area contributed by atoms with E-state index in [0.29, 0.717) is 5.56 Å². The van der Waals surface area contributed by atoms with Gasteiger partial charge in [0, 0.05) is 13.7 Å². The Morgan fingerprint density at radius 2 is 1.80 bits per heavy atom. The van der Waals surface area contributed by atoms with E-state index in [1.54, 1.807) is 13.8 Å². The third kappa shape index (κ3) is 2.16. The average molecular weight is 215 g/mol. The summed E-state index contributed by atoms with van der Waals surface area (Å²) in [6.07, 6.45) is 0. The van der Waals surface area contributed by atoms with Gasteiger partial charge < -0.3 is 10.5 Å². The minimum Gasteiger partial charge on any atom is -0.372 e. The van der Waals surface area contributed by atoms with E-state index in [2.05, 4.69) is 0 Å². The maximum absolute atomic E-state index is 13.6. The highest BCUT2D eigenvalue weighted by molar-refractivity contribution is 5.30. The monoisotopic (exact) mass is 215 g/mol. The Morgan fingerprint density at radius 1 is 1.33 bits per heavy atom. The number of nitrogens with two attached hydrogens (primary N) is 1. The molecule has 0 saturated heterocycles. The summed E-state index contributed by atoms with van der Waals surface area (Å²) in [4.78, 5) is 0. The second kappa shape index (κ2) is 4.24. The summed E-state index contributed by atoms with van der Waals surface area (Å²) >= 11 is 0. The third-order valence-electron chi connectivity index (χ3n) is 2.56. The summed E-state index contributed by atoms with van der Waals surface area (Å²) in [7, 11) is 1.38. The topological polar surface area (TPSA) is 35.2 Å². The Kier molecular flexibility index (Phi) is 3.42. The molecular formula is C11H15F2NO. The standard InChI is InChI=1S/C11H15F2NO/c1-7-4-8(12)10(9(13)5-7)11(2,6-14)15-3/h4-5H,6,14H2,1-3H3. The molecule has 0 aliphatic heterocycles. The van der Waals surface area contributed by atoms with Gasteiger partial charge in [0.2, 0.25) is 0 Å². The lowest BCUT2D eigenvalue weighted by atomic mass is 9.93. The second-order valence-electron chi connectivity index (χ2n) is 3.74. The van der Waals surface area contributed by atoms with Crippen LogP contribution in [0.1, 0.15) is 18.1 Å². The summed E-state index contributed by atoms with van der Waals surface area (Å²) in [6.45, 7) is 3.20. The minimum atomic E-state index is -1.12. The van der Waals surface area contributed by atoms with E-state index < -0.39 is 17.2 Å². The maximum Gasteiger partial charge on any atom is 0.132 e. The molecule has 0 amide bonds. The van der Waals surface area contributed by atoms with Crippen molar-refractivity contribution in [3.05, 3.63) is 34.9 Å². The van der Waals surface area contributed by atoms with Crippen LogP contribution < -0.4 is 5.73 Å². The molecule has 0 radical (unpaired) electrons. The fourth-order valence-corrected chi connectivity index (χ4v) is 1.49. The summed E-state index contributed by atoms with van der Waals surface area (Å²) in [6, 6.07) is 2.54. The number of halogens is 2. The van der Waals surface area contributed by atoms with Gasteiger partial charge in [0.25, 0.3) is 0 Å². The smallest absolute Gasteiger partial charge is 0.132 e. The molecule has 0 aromatic heterocycles. The molecule has 1 aromatic carbocycles. The predicted octanol–water partition coefficient (Wildman–Crippen LogP) is 2.09. The van der Waals surface area contributed by atoms with E-state index in [1.807, 2.05) is 0 Å². The third-order valence-corrected chi connectivity index (χ3v) is 2.56. The van der Waals surface area contributed by atoms with Gasteiger partial charge in [-0.3, -0.25) is 0 Å². The van der Waals surface area contributed by atoms with E-state index in [1.165, 1.54) is 19.2 Å². The van der Waals surface area contributed by atoms with Gasteiger partial charge in [-0.2, -0.15) is 0 Å². The van der Waals surface area contributed by atoms with Gasteiger partial charge in [0.1, 0.15) is 17.2 Å². The molecule has 2 N–H and O–H groups in total. The van der Waals surface area contributed by atoms with Crippen molar-refractivity contribution < 1.29 is 13.5 Å². The number of rotatable bonds is 3. The molecule has 1 atom stereocenters. The summed E-state index contributed by atoms with van der Waals surface area (Å²) in [5.41, 5.74) is 4.76. The van der Waals surface area contributed by atoms with E-state index in [-0.39, 0.29) is 12.1 Å².